The van der Waals surface area contributed by atoms with Crippen molar-refractivity contribution in [2.75, 3.05) is 5.32 Å². The van der Waals surface area contributed by atoms with Crippen LogP contribution in [0.15, 0.2) is 53.6 Å². The van der Waals surface area contributed by atoms with E-state index in [9.17, 15) is 19.7 Å². The lowest BCUT2D eigenvalue weighted by molar-refractivity contribution is -0.384. The van der Waals surface area contributed by atoms with Crippen molar-refractivity contribution in [1.29, 1.82) is 0 Å². The lowest BCUT2D eigenvalue weighted by Gasteiger charge is -2.04. The summed E-state index contributed by atoms with van der Waals surface area (Å²) in [4.78, 5) is 33.5. The van der Waals surface area contributed by atoms with Crippen LogP contribution in [0.5, 0.6) is 0 Å². The number of halogens is 1. The number of carbonyl (C=O) groups excluding carboxylic acids is 2. The van der Waals surface area contributed by atoms with E-state index in [4.69, 9.17) is 11.6 Å². The fourth-order valence-corrected chi connectivity index (χ4v) is 2.03. The molecule has 0 spiro atoms. The van der Waals surface area contributed by atoms with Gasteiger partial charge in [-0.1, -0.05) is 11.6 Å². The van der Waals surface area contributed by atoms with Crippen LogP contribution < -0.4 is 10.7 Å². The number of nitrogens with zero attached hydrogens (tertiary/aromatic N) is 2. The van der Waals surface area contributed by atoms with Gasteiger partial charge in [0.05, 0.1) is 11.1 Å². The maximum atomic E-state index is 11.8. The van der Waals surface area contributed by atoms with Crippen LogP contribution in [0.25, 0.3) is 0 Å². The largest absolute Gasteiger partial charge is 0.326 e. The highest BCUT2D eigenvalue weighted by molar-refractivity contribution is 6.30. The molecule has 0 saturated heterocycles. The Morgan fingerprint density at radius 2 is 1.65 bits per heavy atom. The first-order valence-electron chi connectivity index (χ1n) is 7.56. The summed E-state index contributed by atoms with van der Waals surface area (Å²) in [7, 11) is 0. The second-order valence-corrected chi connectivity index (χ2v) is 5.63. The topological polar surface area (TPSA) is 114 Å². The van der Waals surface area contributed by atoms with Crippen molar-refractivity contribution in [3.05, 3.63) is 69.2 Å². The third-order valence-electron chi connectivity index (χ3n) is 3.21. The normalized spacial score (nSPS) is 10.5. The first kappa shape index (κ1) is 19.1. The van der Waals surface area contributed by atoms with Gasteiger partial charge in [0, 0.05) is 35.7 Å². The number of nitro benzene ring substituents is 1. The number of nitrogens with one attached hydrogen (secondary N) is 2. The summed E-state index contributed by atoms with van der Waals surface area (Å²) >= 11 is 5.76. The molecule has 0 unspecified atom stereocenters. The van der Waals surface area contributed by atoms with Crippen LogP contribution in [0.2, 0.25) is 5.02 Å². The molecule has 0 aromatic heterocycles. The molecule has 2 aromatic carbocycles. The van der Waals surface area contributed by atoms with Crippen molar-refractivity contribution in [1.82, 2.24) is 5.43 Å². The van der Waals surface area contributed by atoms with Gasteiger partial charge in [-0.3, -0.25) is 19.7 Å². The van der Waals surface area contributed by atoms with E-state index in [0.29, 0.717) is 16.3 Å². The zero-order chi connectivity index (χ0) is 18.9. The summed E-state index contributed by atoms with van der Waals surface area (Å²) in [6.07, 6.45) is 1.33. The molecule has 26 heavy (non-hydrogen) atoms. The standard InChI is InChI=1S/C17H15ClN4O4/c18-13-3-5-14(6-4-13)20-16(23)9-10-17(24)21-19-11-12-1-7-15(8-2-12)22(25)26/h1-8,11H,9-10H2,(H,20,23)(H,21,24). The van der Waals surface area contributed by atoms with Crippen LogP contribution in [0.3, 0.4) is 0 Å². The van der Waals surface area contributed by atoms with Crippen molar-refractivity contribution in [3.8, 4) is 0 Å². The van der Waals surface area contributed by atoms with Gasteiger partial charge < -0.3 is 5.32 Å². The highest BCUT2D eigenvalue weighted by Gasteiger charge is 2.07. The van der Waals surface area contributed by atoms with E-state index in [1.165, 1.54) is 30.5 Å². The molecule has 2 rings (SSSR count). The van der Waals surface area contributed by atoms with Gasteiger partial charge in [-0.25, -0.2) is 5.43 Å². The third kappa shape index (κ3) is 6.33. The molecule has 0 aliphatic carbocycles. The van der Waals surface area contributed by atoms with Gasteiger partial charge in [0.1, 0.15) is 0 Å². The number of amides is 2. The lowest BCUT2D eigenvalue weighted by Crippen LogP contribution is -2.20. The second kappa shape index (κ2) is 9.28. The molecule has 0 atom stereocenters. The summed E-state index contributed by atoms with van der Waals surface area (Å²) in [5, 5.41) is 17.5. The predicted octanol–water partition coefficient (Wildman–Crippen LogP) is 3.12. The van der Waals surface area contributed by atoms with Crippen molar-refractivity contribution in [2.24, 2.45) is 5.10 Å². The first-order chi connectivity index (χ1) is 12.4. The van der Waals surface area contributed by atoms with Gasteiger partial charge >= 0.3 is 0 Å². The third-order valence-corrected chi connectivity index (χ3v) is 3.47. The molecule has 0 aliphatic rings. The van der Waals surface area contributed by atoms with Crippen LogP contribution >= 0.6 is 11.6 Å². The Kier molecular flexibility index (Phi) is 6.81. The van der Waals surface area contributed by atoms with Gasteiger partial charge in [0.15, 0.2) is 0 Å². The fraction of sp³-hybridized carbons (Fsp3) is 0.118. The molecule has 0 saturated carbocycles. The molecule has 0 radical (unpaired) electrons. The number of hydrogen-bond acceptors (Lipinski definition) is 5. The number of anilines is 1. The van der Waals surface area contributed by atoms with E-state index in [0.717, 1.165) is 0 Å². The highest BCUT2D eigenvalue weighted by atomic mass is 35.5. The van der Waals surface area contributed by atoms with Crippen LogP contribution in [0.4, 0.5) is 11.4 Å². The maximum absolute atomic E-state index is 11.8. The SMILES string of the molecule is O=C(CCC(=O)Nc1ccc(Cl)cc1)NN=Cc1ccc([N+](=O)[O-])cc1. The predicted molar refractivity (Wildman–Crippen MR) is 98.1 cm³/mol. The van der Waals surface area contributed by atoms with Gasteiger partial charge in [0.25, 0.3) is 5.69 Å². The summed E-state index contributed by atoms with van der Waals surface area (Å²) in [6.45, 7) is 0. The number of benzene rings is 2. The van der Waals surface area contributed by atoms with E-state index in [2.05, 4.69) is 15.8 Å². The van der Waals surface area contributed by atoms with Crippen molar-refractivity contribution in [3.63, 3.8) is 0 Å². The molecule has 9 heteroatoms. The minimum absolute atomic E-state index is 0.00150. The summed E-state index contributed by atoms with van der Waals surface area (Å²) < 4.78 is 0. The van der Waals surface area contributed by atoms with Crippen LogP contribution in [-0.2, 0) is 9.59 Å². The molecule has 8 nitrogen and oxygen atoms in total. The quantitative estimate of drug-likeness (QED) is 0.440. The number of non-ortho nitro benzene ring substituents is 1. The summed E-state index contributed by atoms with van der Waals surface area (Å²) in [5.41, 5.74) is 3.45. The Morgan fingerprint density at radius 3 is 2.27 bits per heavy atom. The fourth-order valence-electron chi connectivity index (χ4n) is 1.90. The second-order valence-electron chi connectivity index (χ2n) is 5.20. The first-order valence-corrected chi connectivity index (χ1v) is 7.93. The van der Waals surface area contributed by atoms with E-state index < -0.39 is 10.8 Å². The number of hydrogen-bond donors (Lipinski definition) is 2. The number of hydrazone groups is 1. The van der Waals surface area contributed by atoms with E-state index in [1.54, 1.807) is 24.3 Å². The molecule has 134 valence electrons. The molecule has 0 aliphatic heterocycles. The summed E-state index contributed by atoms with van der Waals surface area (Å²) in [6, 6.07) is 12.3. The Balaban J connectivity index is 1.73. The highest BCUT2D eigenvalue weighted by Crippen LogP contribution is 2.13. The smallest absolute Gasteiger partial charge is 0.269 e. The molecule has 2 amide bonds. The van der Waals surface area contributed by atoms with Crippen molar-refractivity contribution in [2.45, 2.75) is 12.8 Å². The van der Waals surface area contributed by atoms with E-state index in [-0.39, 0.29) is 24.4 Å². The van der Waals surface area contributed by atoms with E-state index in [1.807, 2.05) is 0 Å². The number of carbonyl (C=O) groups is 2. The number of rotatable bonds is 7. The monoisotopic (exact) mass is 374 g/mol. The maximum Gasteiger partial charge on any atom is 0.269 e. The molecule has 0 heterocycles. The zero-order valence-corrected chi connectivity index (χ0v) is 14.3. The Bertz CT molecular complexity index is 820. The molecule has 2 N–H and O–H groups in total. The summed E-state index contributed by atoms with van der Waals surface area (Å²) in [5.74, 6) is -0.726. The van der Waals surface area contributed by atoms with Crippen LogP contribution in [-0.4, -0.2) is 23.0 Å². The minimum Gasteiger partial charge on any atom is -0.326 e. The average Bonchev–Trinajstić information content (AvgIpc) is 2.62. The van der Waals surface area contributed by atoms with Crippen molar-refractivity contribution >= 4 is 41.0 Å². The van der Waals surface area contributed by atoms with Gasteiger partial charge in [0.2, 0.25) is 11.8 Å². The number of nitro groups is 1. The van der Waals surface area contributed by atoms with Crippen LogP contribution in [0, 0.1) is 10.1 Å². The van der Waals surface area contributed by atoms with Gasteiger partial charge in [-0.15, -0.1) is 0 Å². The molecule has 0 fully saturated rings. The Labute approximate surface area is 154 Å². The molecular formula is C17H15ClN4O4. The van der Waals surface area contributed by atoms with Crippen LogP contribution in [0.1, 0.15) is 18.4 Å². The van der Waals surface area contributed by atoms with Gasteiger partial charge in [-0.2, -0.15) is 5.10 Å². The molecule has 2 aromatic rings. The van der Waals surface area contributed by atoms with E-state index >= 15 is 0 Å². The van der Waals surface area contributed by atoms with Crippen molar-refractivity contribution < 1.29 is 14.5 Å². The Hall–Kier alpha value is -3.26. The Morgan fingerprint density at radius 1 is 1.04 bits per heavy atom. The zero-order valence-electron chi connectivity index (χ0n) is 13.5. The molecular weight excluding hydrogens is 360 g/mol. The average molecular weight is 375 g/mol. The van der Waals surface area contributed by atoms with Gasteiger partial charge in [-0.05, 0) is 42.0 Å². The lowest BCUT2D eigenvalue weighted by atomic mass is 10.2. The minimum atomic E-state index is -0.502. The molecule has 0 bridgehead atoms.